The fourth-order valence-electron chi connectivity index (χ4n) is 10.2. The number of rotatable bonds is 47. The number of carbonyl (C=O) groups excluding carboxylic acids is 4. The third-order valence-corrected chi connectivity index (χ3v) is 15.3. The number of para-hydroxylation sites is 1. The molecule has 0 atom stereocenters. The van der Waals surface area contributed by atoms with Gasteiger partial charge in [0.2, 0.25) is 52.6 Å². The molecule has 3 aromatic carbocycles. The summed E-state index contributed by atoms with van der Waals surface area (Å²) in [5.41, 5.74) is 4.20. The van der Waals surface area contributed by atoms with Gasteiger partial charge in [0.05, 0.1) is 197 Å². The molecule has 1 aliphatic carbocycles. The number of nitrogens with zero attached hydrogens (tertiary/aromatic N) is 2. The normalized spacial score (nSPS) is 15.1. The molecule has 1 saturated heterocycles. The molecular formula is C65H90F5N3O18. The predicted molar refractivity (Wildman–Crippen MR) is 323 cm³/mol. The number of benzene rings is 3. The molecule has 508 valence electrons. The number of anilines is 1. The Bertz CT molecular complexity index is 2600. The number of esters is 1. The molecule has 91 heavy (non-hydrogen) atoms. The molecule has 2 fully saturated rings. The summed E-state index contributed by atoms with van der Waals surface area (Å²) in [6, 6.07) is 16.0. The molecule has 0 bridgehead atoms. The maximum atomic E-state index is 13.6. The van der Waals surface area contributed by atoms with Gasteiger partial charge in [-0.1, -0.05) is 54.6 Å². The highest BCUT2D eigenvalue weighted by molar-refractivity contribution is 5.97. The number of halogens is 5. The van der Waals surface area contributed by atoms with Crippen LogP contribution in [0, 0.1) is 40.4 Å². The van der Waals surface area contributed by atoms with Crippen molar-refractivity contribution in [3.63, 3.8) is 0 Å². The third kappa shape index (κ3) is 27.9. The number of piperidine rings is 1. The van der Waals surface area contributed by atoms with Gasteiger partial charge in [-0.2, -0.15) is 8.78 Å². The van der Waals surface area contributed by atoms with Crippen molar-refractivity contribution >= 4 is 41.5 Å². The number of fused-ring (bicyclic) bond motifs is 2. The first-order chi connectivity index (χ1) is 44.5. The van der Waals surface area contributed by atoms with E-state index in [-0.39, 0.29) is 61.9 Å². The predicted octanol–water partition coefficient (Wildman–Crippen LogP) is 7.31. The molecule has 2 aliphatic heterocycles. The van der Waals surface area contributed by atoms with Crippen LogP contribution in [-0.2, 0) is 87.3 Å². The van der Waals surface area contributed by atoms with E-state index < -0.39 is 47.2 Å². The Morgan fingerprint density at radius 3 is 1.25 bits per heavy atom. The van der Waals surface area contributed by atoms with E-state index in [1.807, 2.05) is 46.2 Å². The number of amides is 3. The van der Waals surface area contributed by atoms with Crippen LogP contribution in [0.15, 0.2) is 48.5 Å². The summed E-state index contributed by atoms with van der Waals surface area (Å²) in [6.45, 7) is 11.4. The molecule has 0 aromatic heterocycles. The Balaban J connectivity index is 0.600. The van der Waals surface area contributed by atoms with Gasteiger partial charge in [-0.15, -0.1) is 0 Å². The lowest BCUT2D eigenvalue weighted by atomic mass is 9.65. The second kappa shape index (κ2) is 44.1. The van der Waals surface area contributed by atoms with Crippen molar-refractivity contribution in [3.8, 4) is 5.75 Å². The van der Waals surface area contributed by atoms with Crippen LogP contribution >= 0.6 is 0 Å². The Kier molecular flexibility index (Phi) is 36.1. The van der Waals surface area contributed by atoms with Gasteiger partial charge in [-0.3, -0.25) is 19.2 Å². The largest absolute Gasteiger partial charge is 0.420 e. The van der Waals surface area contributed by atoms with Crippen molar-refractivity contribution in [1.82, 2.24) is 10.2 Å². The van der Waals surface area contributed by atoms with Crippen LogP contribution in [-0.4, -0.2) is 220 Å². The van der Waals surface area contributed by atoms with E-state index in [0.717, 1.165) is 74.0 Å². The standard InChI is InChI=1S/C65H90F5N3O18/c66-58-59(67)61(69)63(62(70)60(58)68)91-57(76)15-24-79-26-28-81-30-32-83-34-36-85-38-40-87-42-44-89-46-48-90-47-45-88-43-41-86-39-37-84-35-33-82-31-29-80-27-25-78-23-14-55(74)72-21-18-65(19-22-72)16-11-52(12-17-65)64(77)71-20-13-56(75)73-49-53-7-2-1-5-50(53)9-10-51-6-3-4-8-54(51)73/h1-10,52H,11-49H2,(H,71,77)/b10-9-. The van der Waals surface area contributed by atoms with Gasteiger partial charge in [0.1, 0.15) is 0 Å². The maximum Gasteiger partial charge on any atom is 0.313 e. The van der Waals surface area contributed by atoms with Crippen molar-refractivity contribution < 1.29 is 107 Å². The summed E-state index contributed by atoms with van der Waals surface area (Å²) in [6.07, 6.45) is 9.68. The minimum atomic E-state index is -2.35. The number of hydrogen-bond acceptors (Lipinski definition) is 18. The average Bonchev–Trinajstić information content (AvgIpc) is 1.35. The molecule has 3 aliphatic rings. The first-order valence-electron chi connectivity index (χ1n) is 31.4. The van der Waals surface area contributed by atoms with E-state index in [1.54, 1.807) is 0 Å². The first-order valence-corrected chi connectivity index (χ1v) is 31.4. The van der Waals surface area contributed by atoms with E-state index >= 15 is 0 Å². The highest BCUT2D eigenvalue weighted by Gasteiger charge is 2.40. The Morgan fingerprint density at radius 1 is 0.429 bits per heavy atom. The number of ether oxygens (including phenoxy) is 14. The van der Waals surface area contributed by atoms with Crippen LogP contribution in [0.2, 0.25) is 0 Å². The molecule has 3 amide bonds. The molecule has 6 rings (SSSR count). The minimum Gasteiger partial charge on any atom is -0.420 e. The van der Waals surface area contributed by atoms with Crippen molar-refractivity contribution in [3.05, 3.63) is 94.3 Å². The summed E-state index contributed by atoms with van der Waals surface area (Å²) >= 11 is 0. The summed E-state index contributed by atoms with van der Waals surface area (Å²) < 4.78 is 142. The van der Waals surface area contributed by atoms with Gasteiger partial charge in [-0.25, -0.2) is 13.2 Å². The Morgan fingerprint density at radius 2 is 0.802 bits per heavy atom. The smallest absolute Gasteiger partial charge is 0.313 e. The summed E-state index contributed by atoms with van der Waals surface area (Å²) in [7, 11) is 0. The Hall–Kier alpha value is -5.59. The van der Waals surface area contributed by atoms with E-state index in [4.69, 9.17) is 61.6 Å². The van der Waals surface area contributed by atoms with Crippen LogP contribution in [0.25, 0.3) is 12.2 Å². The van der Waals surface area contributed by atoms with Crippen molar-refractivity contribution in [2.75, 3.05) is 196 Å². The van der Waals surface area contributed by atoms with Crippen LogP contribution in [0.1, 0.15) is 74.5 Å². The van der Waals surface area contributed by atoms with Crippen molar-refractivity contribution in [2.24, 2.45) is 11.3 Å². The topological polar surface area (TPSA) is 216 Å². The molecule has 0 radical (unpaired) electrons. The van der Waals surface area contributed by atoms with Crippen LogP contribution < -0.4 is 15.0 Å². The molecule has 1 N–H and O–H groups in total. The summed E-state index contributed by atoms with van der Waals surface area (Å²) in [4.78, 5) is 55.4. The average molecular weight is 1300 g/mol. The molecule has 3 aromatic rings. The lowest BCUT2D eigenvalue weighted by Crippen LogP contribution is -2.46. The van der Waals surface area contributed by atoms with E-state index in [2.05, 4.69) is 34.3 Å². The molecule has 26 heteroatoms. The molecule has 2 heterocycles. The molecule has 1 saturated carbocycles. The second-order valence-electron chi connectivity index (χ2n) is 21.6. The van der Waals surface area contributed by atoms with Gasteiger partial charge < -0.3 is 81.4 Å². The molecule has 21 nitrogen and oxygen atoms in total. The lowest BCUT2D eigenvalue weighted by Gasteiger charge is -2.45. The van der Waals surface area contributed by atoms with Crippen LogP contribution in [0.3, 0.4) is 0 Å². The van der Waals surface area contributed by atoms with Crippen molar-refractivity contribution in [1.29, 1.82) is 0 Å². The van der Waals surface area contributed by atoms with Gasteiger partial charge >= 0.3 is 5.97 Å². The Labute approximate surface area is 529 Å². The minimum absolute atomic E-state index is 0.0218. The number of nitrogens with one attached hydrogen (secondary N) is 1. The van der Waals surface area contributed by atoms with E-state index in [9.17, 15) is 41.1 Å². The second-order valence-corrected chi connectivity index (χ2v) is 21.6. The number of likely N-dealkylation sites (tertiary alicyclic amines) is 1. The molecule has 1 spiro atoms. The quantitative estimate of drug-likeness (QED) is 0.0146. The molecule has 0 unspecified atom stereocenters. The number of hydrogen-bond donors (Lipinski definition) is 1. The lowest BCUT2D eigenvalue weighted by molar-refractivity contribution is -0.137. The van der Waals surface area contributed by atoms with Crippen LogP contribution in [0.5, 0.6) is 5.75 Å². The maximum absolute atomic E-state index is 13.6. The van der Waals surface area contributed by atoms with Gasteiger partial charge in [0.25, 0.3) is 0 Å². The number of carbonyl (C=O) groups is 4. The van der Waals surface area contributed by atoms with Crippen molar-refractivity contribution in [2.45, 2.75) is 64.3 Å². The SMILES string of the molecule is O=C(CCOCCOCCOCCOCCOCCOCCOCCOCCOCCOCCOCCOCCOCCC(=O)N1CCC2(CCC(C(=O)NCCC(=O)N3Cc4ccccc4/C=C\c4ccccc43)CC2)CC1)Oc1c(F)c(F)c(F)c(F)c1F. The fourth-order valence-corrected chi connectivity index (χ4v) is 10.2. The summed E-state index contributed by atoms with van der Waals surface area (Å²) in [5, 5.41) is 3.07. The van der Waals surface area contributed by atoms with E-state index in [0.29, 0.717) is 165 Å². The van der Waals surface area contributed by atoms with Gasteiger partial charge in [0.15, 0.2) is 0 Å². The monoisotopic (exact) mass is 1300 g/mol. The molecular weight excluding hydrogens is 1210 g/mol. The zero-order chi connectivity index (χ0) is 64.6. The third-order valence-electron chi connectivity index (χ3n) is 15.3. The highest BCUT2D eigenvalue weighted by atomic mass is 19.2. The summed E-state index contributed by atoms with van der Waals surface area (Å²) in [5.74, 6) is -14.1. The highest BCUT2D eigenvalue weighted by Crippen LogP contribution is 2.46. The van der Waals surface area contributed by atoms with Gasteiger partial charge in [0, 0.05) is 32.0 Å². The fraction of sp³-hybridized carbons (Fsp3) is 0.631. The zero-order valence-corrected chi connectivity index (χ0v) is 52.1. The van der Waals surface area contributed by atoms with Crippen LogP contribution in [0.4, 0.5) is 27.6 Å². The zero-order valence-electron chi connectivity index (χ0n) is 52.1. The van der Waals surface area contributed by atoms with Gasteiger partial charge in [-0.05, 0) is 66.7 Å². The first kappa shape index (κ1) is 74.4. The van der Waals surface area contributed by atoms with E-state index in [1.165, 1.54) is 0 Å².